The number of hydrogen-bond acceptors (Lipinski definition) is 3. The molecule has 1 aromatic rings. The number of ether oxygens (including phenoxy) is 1. The first kappa shape index (κ1) is 10.5. The highest BCUT2D eigenvalue weighted by Crippen LogP contribution is 2.17. The molecule has 0 aliphatic heterocycles. The minimum Gasteiger partial charge on any atom is -0.481 e. The number of rotatable bonds is 3. The summed E-state index contributed by atoms with van der Waals surface area (Å²) in [5, 5.41) is 0. The highest BCUT2D eigenvalue weighted by molar-refractivity contribution is 5.80. The van der Waals surface area contributed by atoms with Gasteiger partial charge in [-0.15, -0.1) is 0 Å². The van der Waals surface area contributed by atoms with E-state index in [0.717, 1.165) is 5.56 Å². The lowest BCUT2D eigenvalue weighted by molar-refractivity contribution is -0.127. The van der Waals surface area contributed by atoms with Gasteiger partial charge in [0.05, 0.1) is 0 Å². The summed E-state index contributed by atoms with van der Waals surface area (Å²) in [5.74, 6) is 5.34. The topological polar surface area (TPSA) is 64.3 Å². The minimum atomic E-state index is -0.582. The molecule has 0 fully saturated rings. The van der Waals surface area contributed by atoms with Gasteiger partial charge >= 0.3 is 0 Å². The van der Waals surface area contributed by atoms with Gasteiger partial charge in [-0.05, 0) is 25.5 Å². The molecule has 0 radical (unpaired) electrons. The maximum atomic E-state index is 11.1. The number of nitrogens with two attached hydrogens (primary N) is 1. The van der Waals surface area contributed by atoms with E-state index in [2.05, 4.69) is 0 Å². The van der Waals surface area contributed by atoms with E-state index in [-0.39, 0.29) is 5.91 Å². The summed E-state index contributed by atoms with van der Waals surface area (Å²) in [6.45, 7) is 3.57. The highest BCUT2D eigenvalue weighted by Gasteiger charge is 2.13. The quantitative estimate of drug-likeness (QED) is 0.424. The average Bonchev–Trinajstić information content (AvgIpc) is 2.20. The Balaban J connectivity index is 2.69. The fourth-order valence-electron chi connectivity index (χ4n) is 1.05. The zero-order valence-electron chi connectivity index (χ0n) is 8.28. The van der Waals surface area contributed by atoms with Gasteiger partial charge in [-0.1, -0.05) is 18.2 Å². The van der Waals surface area contributed by atoms with Gasteiger partial charge in [0, 0.05) is 0 Å². The molecule has 0 spiro atoms. The fourth-order valence-corrected chi connectivity index (χ4v) is 1.05. The molecule has 76 valence electrons. The van der Waals surface area contributed by atoms with Gasteiger partial charge in [-0.2, -0.15) is 0 Å². The zero-order chi connectivity index (χ0) is 10.6. The summed E-state index contributed by atoms with van der Waals surface area (Å²) in [6, 6.07) is 7.50. The van der Waals surface area contributed by atoms with Crippen LogP contribution in [-0.4, -0.2) is 12.0 Å². The normalized spacial score (nSPS) is 11.9. The molecule has 1 amide bonds. The highest BCUT2D eigenvalue weighted by atomic mass is 16.5. The van der Waals surface area contributed by atoms with E-state index in [4.69, 9.17) is 10.6 Å². The SMILES string of the molecule is Cc1ccccc1O[C@H](C)C(=O)NN. The van der Waals surface area contributed by atoms with Crippen molar-refractivity contribution >= 4 is 5.91 Å². The Labute approximate surface area is 83.0 Å². The smallest absolute Gasteiger partial charge is 0.274 e. The molecule has 3 N–H and O–H groups in total. The van der Waals surface area contributed by atoms with Crippen LogP contribution >= 0.6 is 0 Å². The van der Waals surface area contributed by atoms with E-state index in [1.165, 1.54) is 0 Å². The molecular weight excluding hydrogens is 180 g/mol. The van der Waals surface area contributed by atoms with Crippen LogP contribution in [0.15, 0.2) is 24.3 Å². The van der Waals surface area contributed by atoms with Gasteiger partial charge in [0.1, 0.15) is 5.75 Å². The van der Waals surface area contributed by atoms with Crippen LogP contribution in [0.1, 0.15) is 12.5 Å². The van der Waals surface area contributed by atoms with Crippen molar-refractivity contribution in [2.75, 3.05) is 0 Å². The number of amides is 1. The maximum Gasteiger partial charge on any atom is 0.274 e. The lowest BCUT2D eigenvalue weighted by Gasteiger charge is -2.14. The monoisotopic (exact) mass is 194 g/mol. The van der Waals surface area contributed by atoms with Crippen LogP contribution < -0.4 is 16.0 Å². The van der Waals surface area contributed by atoms with Crippen molar-refractivity contribution in [1.29, 1.82) is 0 Å². The predicted molar refractivity (Wildman–Crippen MR) is 53.6 cm³/mol. The van der Waals surface area contributed by atoms with Gasteiger partial charge in [-0.3, -0.25) is 10.2 Å². The lowest BCUT2D eigenvalue weighted by atomic mass is 10.2. The van der Waals surface area contributed by atoms with Gasteiger partial charge in [0.15, 0.2) is 6.10 Å². The zero-order valence-corrected chi connectivity index (χ0v) is 8.28. The Hall–Kier alpha value is -1.55. The van der Waals surface area contributed by atoms with Crippen LogP contribution in [0.5, 0.6) is 5.75 Å². The Kier molecular flexibility index (Phi) is 3.48. The number of aryl methyl sites for hydroxylation is 1. The van der Waals surface area contributed by atoms with E-state index in [1.807, 2.05) is 36.6 Å². The summed E-state index contributed by atoms with van der Waals surface area (Å²) < 4.78 is 5.41. The molecule has 0 aromatic heterocycles. The average molecular weight is 194 g/mol. The second kappa shape index (κ2) is 4.62. The summed E-state index contributed by atoms with van der Waals surface area (Å²) >= 11 is 0. The maximum absolute atomic E-state index is 11.1. The molecule has 4 nitrogen and oxygen atoms in total. The molecule has 0 heterocycles. The number of nitrogens with one attached hydrogen (secondary N) is 1. The van der Waals surface area contributed by atoms with E-state index >= 15 is 0 Å². The van der Waals surface area contributed by atoms with Crippen molar-refractivity contribution in [2.45, 2.75) is 20.0 Å². The van der Waals surface area contributed by atoms with Crippen LogP contribution in [0.2, 0.25) is 0 Å². The second-order valence-electron chi connectivity index (χ2n) is 3.03. The van der Waals surface area contributed by atoms with Crippen molar-refractivity contribution < 1.29 is 9.53 Å². The van der Waals surface area contributed by atoms with Gasteiger partial charge < -0.3 is 4.74 Å². The molecule has 4 heteroatoms. The summed E-state index contributed by atoms with van der Waals surface area (Å²) in [5.41, 5.74) is 3.03. The third kappa shape index (κ3) is 2.47. The van der Waals surface area contributed by atoms with Gasteiger partial charge in [0.2, 0.25) is 0 Å². The summed E-state index contributed by atoms with van der Waals surface area (Å²) in [7, 11) is 0. The van der Waals surface area contributed by atoms with Crippen LogP contribution in [0.3, 0.4) is 0 Å². The molecule has 0 saturated carbocycles. The molecule has 14 heavy (non-hydrogen) atoms. The molecule has 1 aromatic carbocycles. The minimum absolute atomic E-state index is 0.340. The number of carbonyl (C=O) groups excluding carboxylic acids is 1. The largest absolute Gasteiger partial charge is 0.481 e. The predicted octanol–water partition coefficient (Wildman–Crippen LogP) is 0.752. The Morgan fingerprint density at radius 1 is 1.50 bits per heavy atom. The standard InChI is InChI=1S/C10H14N2O2/c1-7-5-3-4-6-9(7)14-8(2)10(13)12-11/h3-6,8H,11H2,1-2H3,(H,12,13)/t8-/m1/s1. The molecule has 1 atom stereocenters. The van der Waals surface area contributed by atoms with E-state index in [0.29, 0.717) is 5.75 Å². The van der Waals surface area contributed by atoms with Crippen LogP contribution in [0.25, 0.3) is 0 Å². The molecular formula is C10H14N2O2. The fraction of sp³-hybridized carbons (Fsp3) is 0.300. The Morgan fingerprint density at radius 2 is 2.14 bits per heavy atom. The van der Waals surface area contributed by atoms with Gasteiger partial charge in [-0.25, -0.2) is 5.84 Å². The Bertz CT molecular complexity index is 326. The first-order valence-corrected chi connectivity index (χ1v) is 4.38. The first-order chi connectivity index (χ1) is 6.65. The molecule has 0 unspecified atom stereocenters. The molecule has 0 bridgehead atoms. The van der Waals surface area contributed by atoms with Crippen LogP contribution in [0.4, 0.5) is 0 Å². The molecule has 0 saturated heterocycles. The third-order valence-corrected chi connectivity index (χ3v) is 1.91. The van der Waals surface area contributed by atoms with Gasteiger partial charge in [0.25, 0.3) is 5.91 Å². The number of carbonyl (C=O) groups is 1. The first-order valence-electron chi connectivity index (χ1n) is 4.38. The number of para-hydroxylation sites is 1. The third-order valence-electron chi connectivity index (χ3n) is 1.91. The number of benzene rings is 1. The molecule has 1 rings (SSSR count). The Morgan fingerprint density at radius 3 is 2.71 bits per heavy atom. The number of hydrogen-bond donors (Lipinski definition) is 2. The summed E-state index contributed by atoms with van der Waals surface area (Å²) in [4.78, 5) is 11.1. The van der Waals surface area contributed by atoms with Crippen molar-refractivity contribution in [3.63, 3.8) is 0 Å². The van der Waals surface area contributed by atoms with E-state index in [1.54, 1.807) is 6.92 Å². The van der Waals surface area contributed by atoms with Crippen molar-refractivity contribution in [3.05, 3.63) is 29.8 Å². The summed E-state index contributed by atoms with van der Waals surface area (Å²) in [6.07, 6.45) is -0.582. The second-order valence-corrected chi connectivity index (χ2v) is 3.03. The lowest BCUT2D eigenvalue weighted by Crippen LogP contribution is -2.40. The van der Waals surface area contributed by atoms with E-state index in [9.17, 15) is 4.79 Å². The van der Waals surface area contributed by atoms with Crippen molar-refractivity contribution in [1.82, 2.24) is 5.43 Å². The number of hydrazine groups is 1. The van der Waals surface area contributed by atoms with Crippen LogP contribution in [0, 0.1) is 6.92 Å². The molecule has 0 aliphatic carbocycles. The van der Waals surface area contributed by atoms with Crippen molar-refractivity contribution in [2.24, 2.45) is 5.84 Å². The van der Waals surface area contributed by atoms with Crippen LogP contribution in [-0.2, 0) is 4.79 Å². The molecule has 0 aliphatic rings. The van der Waals surface area contributed by atoms with E-state index < -0.39 is 6.10 Å². The van der Waals surface area contributed by atoms with Crippen molar-refractivity contribution in [3.8, 4) is 5.75 Å².